The number of likely N-dealkylation sites (tertiary alicyclic amines) is 1. The number of nitrogens with one attached hydrogen (secondary N) is 2. The molecule has 29 heavy (non-hydrogen) atoms. The van der Waals surface area contributed by atoms with E-state index in [1.165, 1.54) is 23.8 Å². The fourth-order valence-corrected chi connectivity index (χ4v) is 4.43. The minimum absolute atomic E-state index is 0.138. The summed E-state index contributed by atoms with van der Waals surface area (Å²) in [4.78, 5) is 14.8. The third kappa shape index (κ3) is 6.25. The van der Waals surface area contributed by atoms with E-state index in [2.05, 4.69) is 27.1 Å². The minimum Gasteiger partial charge on any atom is -0.348 e. The fraction of sp³-hybridized carbons (Fsp3) is 0.318. The Bertz CT molecular complexity index is 941. The molecule has 0 radical (unpaired) electrons. The van der Waals surface area contributed by atoms with Crippen molar-refractivity contribution >= 4 is 22.0 Å². The van der Waals surface area contributed by atoms with Crippen molar-refractivity contribution in [1.29, 1.82) is 0 Å². The number of hydrogen-bond donors (Lipinski definition) is 2. The Morgan fingerprint density at radius 3 is 2.55 bits per heavy atom. The standard InChI is InChI=1S/C22H27N3O3S/c1-2-23-29(27,28)21-11-8-18(9-12-21)10-13-22(26)24-20-14-15-25(17-20)16-19-6-4-3-5-7-19/h3-13,20,23H,2,14-17H2,1H3,(H,24,26)/b13-10+. The van der Waals surface area contributed by atoms with Gasteiger partial charge < -0.3 is 5.32 Å². The van der Waals surface area contributed by atoms with Crippen molar-refractivity contribution in [2.45, 2.75) is 30.8 Å². The van der Waals surface area contributed by atoms with E-state index in [4.69, 9.17) is 0 Å². The molecule has 2 aromatic carbocycles. The monoisotopic (exact) mass is 413 g/mol. The summed E-state index contributed by atoms with van der Waals surface area (Å²) in [5, 5.41) is 3.04. The van der Waals surface area contributed by atoms with Crippen LogP contribution in [0.25, 0.3) is 6.08 Å². The highest BCUT2D eigenvalue weighted by atomic mass is 32.2. The number of hydrogen-bond acceptors (Lipinski definition) is 4. The van der Waals surface area contributed by atoms with Gasteiger partial charge >= 0.3 is 0 Å². The topological polar surface area (TPSA) is 78.5 Å². The molecule has 1 amide bonds. The van der Waals surface area contributed by atoms with E-state index in [0.29, 0.717) is 6.54 Å². The molecule has 6 nitrogen and oxygen atoms in total. The van der Waals surface area contributed by atoms with E-state index in [-0.39, 0.29) is 16.8 Å². The molecule has 1 fully saturated rings. The third-order valence-corrected chi connectivity index (χ3v) is 6.38. The minimum atomic E-state index is -3.46. The summed E-state index contributed by atoms with van der Waals surface area (Å²) in [6.07, 6.45) is 4.12. The van der Waals surface area contributed by atoms with Crippen LogP contribution < -0.4 is 10.0 Å². The first-order valence-corrected chi connectivity index (χ1v) is 11.3. The van der Waals surface area contributed by atoms with Gasteiger partial charge in [0, 0.05) is 38.3 Å². The molecule has 1 heterocycles. The molecule has 1 aliphatic heterocycles. The first-order chi connectivity index (χ1) is 14.0. The fourth-order valence-electron chi connectivity index (χ4n) is 3.39. The van der Waals surface area contributed by atoms with Crippen LogP contribution in [0.2, 0.25) is 0 Å². The summed E-state index contributed by atoms with van der Waals surface area (Å²) in [6.45, 7) is 4.77. The van der Waals surface area contributed by atoms with Crippen molar-refractivity contribution in [3.63, 3.8) is 0 Å². The molecular weight excluding hydrogens is 386 g/mol. The van der Waals surface area contributed by atoms with Gasteiger partial charge in [0.25, 0.3) is 0 Å². The van der Waals surface area contributed by atoms with Crippen molar-refractivity contribution in [3.8, 4) is 0 Å². The second-order valence-corrected chi connectivity index (χ2v) is 8.89. The van der Waals surface area contributed by atoms with Crippen LogP contribution in [-0.2, 0) is 21.4 Å². The summed E-state index contributed by atoms with van der Waals surface area (Å²) in [5.74, 6) is -0.138. The van der Waals surface area contributed by atoms with E-state index in [1.54, 1.807) is 25.1 Å². The highest BCUT2D eigenvalue weighted by Crippen LogP contribution is 2.14. The Balaban J connectivity index is 1.49. The zero-order chi connectivity index (χ0) is 20.7. The maximum atomic E-state index is 12.2. The van der Waals surface area contributed by atoms with Gasteiger partial charge in [-0.2, -0.15) is 0 Å². The van der Waals surface area contributed by atoms with Crippen molar-refractivity contribution < 1.29 is 13.2 Å². The summed E-state index contributed by atoms with van der Waals surface area (Å²) in [7, 11) is -3.46. The molecule has 0 saturated carbocycles. The first kappa shape index (κ1) is 21.2. The Hall–Kier alpha value is -2.48. The summed E-state index contributed by atoms with van der Waals surface area (Å²) >= 11 is 0. The van der Waals surface area contributed by atoms with Crippen LogP contribution in [0, 0.1) is 0 Å². The molecule has 1 unspecified atom stereocenters. The Kier molecular flexibility index (Phi) is 7.19. The lowest BCUT2D eigenvalue weighted by Crippen LogP contribution is -2.35. The number of nitrogens with zero attached hydrogens (tertiary/aromatic N) is 1. The van der Waals surface area contributed by atoms with Crippen LogP contribution in [0.3, 0.4) is 0 Å². The molecule has 0 spiro atoms. The molecule has 1 aliphatic rings. The quantitative estimate of drug-likeness (QED) is 0.652. The average molecular weight is 414 g/mol. The van der Waals surface area contributed by atoms with Crippen LogP contribution >= 0.6 is 0 Å². The summed E-state index contributed by atoms with van der Waals surface area (Å²) in [6, 6.07) is 16.9. The van der Waals surface area contributed by atoms with Gasteiger partial charge in [-0.05, 0) is 35.8 Å². The number of carbonyl (C=O) groups is 1. The molecule has 0 aliphatic carbocycles. The van der Waals surface area contributed by atoms with Crippen molar-refractivity contribution in [3.05, 3.63) is 71.8 Å². The molecule has 7 heteroatoms. The van der Waals surface area contributed by atoms with Gasteiger partial charge in [-0.3, -0.25) is 9.69 Å². The number of amides is 1. The normalized spacial score (nSPS) is 17.6. The average Bonchev–Trinajstić information content (AvgIpc) is 3.14. The maximum absolute atomic E-state index is 12.2. The van der Waals surface area contributed by atoms with Gasteiger partial charge in [-0.15, -0.1) is 0 Å². The van der Waals surface area contributed by atoms with Crippen molar-refractivity contribution in [1.82, 2.24) is 14.9 Å². The Morgan fingerprint density at radius 1 is 1.14 bits per heavy atom. The van der Waals surface area contributed by atoms with E-state index < -0.39 is 10.0 Å². The lowest BCUT2D eigenvalue weighted by molar-refractivity contribution is -0.117. The highest BCUT2D eigenvalue weighted by molar-refractivity contribution is 7.89. The lowest BCUT2D eigenvalue weighted by Gasteiger charge is -2.16. The molecule has 154 valence electrons. The van der Waals surface area contributed by atoms with E-state index in [9.17, 15) is 13.2 Å². The molecule has 0 bridgehead atoms. The molecule has 2 aromatic rings. The second kappa shape index (κ2) is 9.82. The number of rotatable bonds is 8. The first-order valence-electron chi connectivity index (χ1n) is 9.81. The largest absolute Gasteiger partial charge is 0.348 e. The van der Waals surface area contributed by atoms with Crippen LogP contribution in [0.1, 0.15) is 24.5 Å². The molecule has 3 rings (SSSR count). The van der Waals surface area contributed by atoms with Gasteiger partial charge in [-0.1, -0.05) is 49.4 Å². The smallest absolute Gasteiger partial charge is 0.244 e. The predicted octanol–water partition coefficient (Wildman–Crippen LogP) is 2.39. The van der Waals surface area contributed by atoms with Crippen LogP contribution in [0.4, 0.5) is 0 Å². The van der Waals surface area contributed by atoms with Gasteiger partial charge in [0.1, 0.15) is 0 Å². The molecule has 0 aromatic heterocycles. The van der Waals surface area contributed by atoms with E-state index in [1.807, 2.05) is 18.2 Å². The summed E-state index contributed by atoms with van der Waals surface area (Å²) < 4.78 is 26.3. The Labute approximate surface area is 172 Å². The molecular formula is C22H27N3O3S. The lowest BCUT2D eigenvalue weighted by atomic mass is 10.2. The van der Waals surface area contributed by atoms with Crippen LogP contribution in [0.5, 0.6) is 0 Å². The number of sulfonamides is 1. The van der Waals surface area contributed by atoms with Gasteiger partial charge in [0.15, 0.2) is 0 Å². The van der Waals surface area contributed by atoms with Crippen LogP contribution in [0.15, 0.2) is 65.6 Å². The van der Waals surface area contributed by atoms with Gasteiger partial charge in [-0.25, -0.2) is 13.1 Å². The maximum Gasteiger partial charge on any atom is 0.244 e. The third-order valence-electron chi connectivity index (χ3n) is 4.82. The Morgan fingerprint density at radius 2 is 1.86 bits per heavy atom. The molecule has 1 atom stereocenters. The van der Waals surface area contributed by atoms with Crippen molar-refractivity contribution in [2.24, 2.45) is 0 Å². The SMILES string of the molecule is CCNS(=O)(=O)c1ccc(/C=C/C(=O)NC2CCN(Cc3ccccc3)C2)cc1. The highest BCUT2D eigenvalue weighted by Gasteiger charge is 2.23. The number of carbonyl (C=O) groups excluding carboxylic acids is 1. The molecule has 1 saturated heterocycles. The van der Waals surface area contributed by atoms with Crippen LogP contribution in [-0.4, -0.2) is 44.9 Å². The zero-order valence-corrected chi connectivity index (χ0v) is 17.4. The van der Waals surface area contributed by atoms with Gasteiger partial charge in [0.05, 0.1) is 4.90 Å². The van der Waals surface area contributed by atoms with Crippen molar-refractivity contribution in [2.75, 3.05) is 19.6 Å². The molecule has 2 N–H and O–H groups in total. The number of benzene rings is 2. The van der Waals surface area contributed by atoms with E-state index in [0.717, 1.165) is 31.6 Å². The second-order valence-electron chi connectivity index (χ2n) is 7.12. The predicted molar refractivity (Wildman–Crippen MR) is 115 cm³/mol. The van der Waals surface area contributed by atoms with Gasteiger partial charge in [0.2, 0.25) is 15.9 Å². The zero-order valence-electron chi connectivity index (χ0n) is 16.5. The van der Waals surface area contributed by atoms with E-state index >= 15 is 0 Å². The summed E-state index contributed by atoms with van der Waals surface area (Å²) in [5.41, 5.74) is 2.05.